The first-order chi connectivity index (χ1) is 19.9. The van der Waals surface area contributed by atoms with Gasteiger partial charge in [0.2, 0.25) is 0 Å². The second-order valence-corrected chi connectivity index (χ2v) is 17.0. The molecule has 0 aliphatic carbocycles. The highest BCUT2D eigenvalue weighted by atomic mass is 32.2. The highest BCUT2D eigenvalue weighted by Gasteiger charge is 2.40. The first-order valence-corrected chi connectivity index (χ1v) is 17.1. The van der Waals surface area contributed by atoms with E-state index >= 15 is 0 Å². The second-order valence-electron chi connectivity index (χ2n) is 13.7. The SMILES string of the molecule is CC(C)(C)c1ccccc1[S+](c1ccccc1C(C)(C)C)c1ccccc1C(C)(C)C.COc1ccc(S(=O)(=O)[O-])cc1. The lowest BCUT2D eigenvalue weighted by molar-refractivity contribution is 0.414. The van der Waals surface area contributed by atoms with Crippen LogP contribution in [0.3, 0.4) is 0 Å². The van der Waals surface area contributed by atoms with Crippen LogP contribution in [0.4, 0.5) is 0 Å². The maximum Gasteiger partial charge on any atom is 0.170 e. The van der Waals surface area contributed by atoms with Crippen molar-refractivity contribution in [2.45, 2.75) is 98.1 Å². The summed E-state index contributed by atoms with van der Waals surface area (Å²) in [6.07, 6.45) is 0. The number of benzene rings is 4. The summed E-state index contributed by atoms with van der Waals surface area (Å²) in [5.41, 5.74) is 4.54. The van der Waals surface area contributed by atoms with Crippen LogP contribution in [0.1, 0.15) is 79.0 Å². The molecule has 6 heteroatoms. The summed E-state index contributed by atoms with van der Waals surface area (Å²) < 4.78 is 36.1. The standard InChI is InChI=1S/C30H39S.C7H8O4S/c1-28(2,3)22-16-10-13-19-25(22)31(26-20-14-11-17-23(26)29(4,5)6)27-21-15-12-18-24(27)30(7,8)9;1-11-6-2-4-7(5-3-6)12(8,9)10/h10-21H,1-9H3;2-5H,1H3,(H,8,9,10)/q+1;/p-1. The van der Waals surface area contributed by atoms with E-state index in [0.29, 0.717) is 5.75 Å². The van der Waals surface area contributed by atoms with Crippen LogP contribution in [0.2, 0.25) is 0 Å². The number of hydrogen-bond acceptors (Lipinski definition) is 4. The number of methoxy groups -OCH3 is 1. The summed E-state index contributed by atoms with van der Waals surface area (Å²) in [7, 11) is -3.06. The van der Waals surface area contributed by atoms with E-state index in [1.54, 1.807) is 0 Å². The Bertz CT molecular complexity index is 1480. The fourth-order valence-corrected chi connectivity index (χ4v) is 8.50. The quantitative estimate of drug-likeness (QED) is 0.165. The van der Waals surface area contributed by atoms with Crippen molar-refractivity contribution in [3.05, 3.63) is 114 Å². The van der Waals surface area contributed by atoms with Crippen molar-refractivity contribution in [2.75, 3.05) is 7.11 Å². The van der Waals surface area contributed by atoms with Gasteiger partial charge in [0.25, 0.3) is 0 Å². The summed E-state index contributed by atoms with van der Waals surface area (Å²) in [4.78, 5) is 4.10. The van der Waals surface area contributed by atoms with Gasteiger partial charge < -0.3 is 9.29 Å². The van der Waals surface area contributed by atoms with Gasteiger partial charge in [0.15, 0.2) is 14.7 Å². The summed E-state index contributed by atoms with van der Waals surface area (Å²) in [5, 5.41) is 0. The number of ether oxygens (including phenoxy) is 1. The van der Waals surface area contributed by atoms with E-state index < -0.39 is 10.1 Å². The highest BCUT2D eigenvalue weighted by Crippen LogP contribution is 2.44. The monoisotopic (exact) mass is 618 g/mol. The molecule has 0 spiro atoms. The van der Waals surface area contributed by atoms with Gasteiger partial charge in [-0.3, -0.25) is 0 Å². The molecule has 230 valence electrons. The Kier molecular flexibility index (Phi) is 10.6. The molecule has 0 fully saturated rings. The lowest BCUT2D eigenvalue weighted by Gasteiger charge is -2.28. The molecule has 0 aliphatic rings. The third-order valence-electron chi connectivity index (χ3n) is 7.09. The predicted octanol–water partition coefficient (Wildman–Crippen LogP) is 9.27. The van der Waals surface area contributed by atoms with Gasteiger partial charge >= 0.3 is 0 Å². The molecule has 0 bridgehead atoms. The molecule has 4 aromatic carbocycles. The molecule has 0 N–H and O–H groups in total. The minimum atomic E-state index is -4.33. The van der Waals surface area contributed by atoms with Gasteiger partial charge in [-0.05, 0) is 58.7 Å². The molecule has 0 atom stereocenters. The van der Waals surface area contributed by atoms with Crippen LogP contribution in [-0.4, -0.2) is 20.1 Å². The molecule has 4 nitrogen and oxygen atoms in total. The Balaban J connectivity index is 0.000000353. The lowest BCUT2D eigenvalue weighted by Crippen LogP contribution is -2.23. The molecule has 0 aliphatic heterocycles. The zero-order chi connectivity index (χ0) is 32.2. The van der Waals surface area contributed by atoms with Gasteiger partial charge in [-0.25, -0.2) is 8.42 Å². The lowest BCUT2D eigenvalue weighted by atomic mass is 9.87. The van der Waals surface area contributed by atoms with Crippen LogP contribution < -0.4 is 4.74 Å². The van der Waals surface area contributed by atoms with Gasteiger partial charge in [-0.2, -0.15) is 0 Å². The molecular weight excluding hydrogens is 573 g/mol. The fraction of sp³-hybridized carbons (Fsp3) is 0.351. The van der Waals surface area contributed by atoms with Crippen LogP contribution in [0.15, 0.2) is 117 Å². The number of rotatable bonds is 5. The molecule has 0 aromatic heterocycles. The average Bonchev–Trinajstić information content (AvgIpc) is 2.92. The van der Waals surface area contributed by atoms with E-state index in [1.807, 2.05) is 0 Å². The van der Waals surface area contributed by atoms with Crippen molar-refractivity contribution in [2.24, 2.45) is 0 Å². The Morgan fingerprint density at radius 1 is 0.535 bits per heavy atom. The molecule has 0 heterocycles. The fourth-order valence-electron chi connectivity index (χ4n) is 4.89. The summed E-state index contributed by atoms with van der Waals surface area (Å²) in [6.45, 7) is 21.0. The molecule has 0 radical (unpaired) electrons. The van der Waals surface area contributed by atoms with Crippen LogP contribution in [0.5, 0.6) is 5.75 Å². The first-order valence-electron chi connectivity index (χ1n) is 14.5. The van der Waals surface area contributed by atoms with Crippen molar-refractivity contribution in [3.63, 3.8) is 0 Å². The van der Waals surface area contributed by atoms with Crippen molar-refractivity contribution >= 4 is 21.0 Å². The van der Waals surface area contributed by atoms with Crippen molar-refractivity contribution in [1.29, 1.82) is 0 Å². The Morgan fingerprint density at radius 3 is 1.09 bits per heavy atom. The van der Waals surface area contributed by atoms with Crippen molar-refractivity contribution in [3.8, 4) is 5.75 Å². The summed E-state index contributed by atoms with van der Waals surface area (Å²) in [6, 6.07) is 32.5. The number of hydrogen-bond donors (Lipinski definition) is 0. The largest absolute Gasteiger partial charge is 0.744 e. The van der Waals surface area contributed by atoms with Gasteiger partial charge in [-0.15, -0.1) is 0 Å². The van der Waals surface area contributed by atoms with Gasteiger partial charge in [-0.1, -0.05) is 117 Å². The van der Waals surface area contributed by atoms with Gasteiger partial charge in [0.05, 0.1) is 12.0 Å². The molecule has 0 saturated carbocycles. The van der Waals surface area contributed by atoms with Crippen LogP contribution in [0.25, 0.3) is 0 Å². The van der Waals surface area contributed by atoms with E-state index in [1.165, 1.54) is 62.8 Å². The van der Waals surface area contributed by atoms with E-state index in [9.17, 15) is 13.0 Å². The normalized spacial score (nSPS) is 12.5. The first kappa shape index (κ1) is 34.4. The van der Waals surface area contributed by atoms with Gasteiger partial charge in [0.1, 0.15) is 26.8 Å². The average molecular weight is 619 g/mol. The van der Waals surface area contributed by atoms with E-state index in [2.05, 4.69) is 135 Å². The maximum absolute atomic E-state index is 10.4. The summed E-state index contributed by atoms with van der Waals surface area (Å²) >= 11 is 0. The topological polar surface area (TPSA) is 66.4 Å². The molecule has 0 unspecified atom stereocenters. The van der Waals surface area contributed by atoms with Crippen molar-refractivity contribution < 1.29 is 17.7 Å². The van der Waals surface area contributed by atoms with Crippen LogP contribution >= 0.6 is 0 Å². The molecule has 4 aromatic rings. The maximum atomic E-state index is 10.4. The second kappa shape index (κ2) is 13.3. The van der Waals surface area contributed by atoms with Crippen LogP contribution in [0, 0.1) is 0 Å². The third-order valence-corrected chi connectivity index (χ3v) is 10.3. The van der Waals surface area contributed by atoms with Gasteiger partial charge in [0, 0.05) is 16.7 Å². The van der Waals surface area contributed by atoms with E-state index in [4.69, 9.17) is 4.74 Å². The minimum Gasteiger partial charge on any atom is -0.744 e. The Morgan fingerprint density at radius 2 is 0.837 bits per heavy atom. The zero-order valence-electron chi connectivity index (χ0n) is 27.2. The molecule has 0 saturated heterocycles. The molecule has 4 rings (SSSR count). The minimum absolute atomic E-state index is 0.0786. The predicted molar refractivity (Wildman–Crippen MR) is 179 cm³/mol. The Hall–Kier alpha value is -3.06. The zero-order valence-corrected chi connectivity index (χ0v) is 28.8. The Labute approximate surface area is 262 Å². The van der Waals surface area contributed by atoms with Crippen molar-refractivity contribution in [1.82, 2.24) is 0 Å². The smallest absolute Gasteiger partial charge is 0.170 e. The summed E-state index contributed by atoms with van der Waals surface area (Å²) in [5.74, 6) is 0.516. The molecule has 43 heavy (non-hydrogen) atoms. The molecular formula is C37H46O4S2. The molecule has 0 amide bonds. The highest BCUT2D eigenvalue weighted by molar-refractivity contribution is 7.97. The van der Waals surface area contributed by atoms with Crippen LogP contribution in [-0.2, 0) is 37.3 Å². The van der Waals surface area contributed by atoms with E-state index in [0.717, 1.165) is 0 Å². The van der Waals surface area contributed by atoms with E-state index in [-0.39, 0.29) is 32.0 Å². The third kappa shape index (κ3) is 8.75.